The third-order valence-electron chi connectivity index (χ3n) is 25.1. The fourth-order valence-electron chi connectivity index (χ4n) is 18.6. The van der Waals surface area contributed by atoms with Crippen LogP contribution in [0.3, 0.4) is 0 Å². The lowest BCUT2D eigenvalue weighted by molar-refractivity contribution is 0.399. The Morgan fingerprint density at radius 2 is 0.640 bits per heavy atom. The molecule has 0 amide bonds. The summed E-state index contributed by atoms with van der Waals surface area (Å²) in [5.74, 6) is 0. The van der Waals surface area contributed by atoms with E-state index in [1.807, 2.05) is 0 Å². The second-order valence-corrected chi connectivity index (χ2v) is 33.5. The van der Waals surface area contributed by atoms with Gasteiger partial charge in [-0.1, -0.05) is 351 Å². The highest BCUT2D eigenvalue weighted by Crippen LogP contribution is 2.58. The van der Waals surface area contributed by atoms with Gasteiger partial charge in [-0.2, -0.15) is 0 Å². The molecule has 1 aliphatic carbocycles. The van der Waals surface area contributed by atoms with Crippen molar-refractivity contribution < 1.29 is 0 Å². The van der Waals surface area contributed by atoms with Crippen molar-refractivity contribution in [1.29, 1.82) is 0 Å². The lowest BCUT2D eigenvalue weighted by Crippen LogP contribution is -2.26. The van der Waals surface area contributed by atoms with Crippen LogP contribution in [0.5, 0.6) is 0 Å². The van der Waals surface area contributed by atoms with Gasteiger partial charge in [0.15, 0.2) is 0 Å². The first-order valence-corrected chi connectivity index (χ1v) is 44.8. The molecule has 14 rings (SSSR count). The number of rotatable bonds is 41. The number of aromatic nitrogens is 1. The van der Waals surface area contributed by atoms with Gasteiger partial charge in [-0.3, -0.25) is 0 Å². The Kier molecular flexibility index (Phi) is 27.9. The molecule has 0 N–H and O–H groups in total. The Morgan fingerprint density at radius 1 is 0.272 bits per heavy atom. The predicted octanol–water partition coefficient (Wildman–Crippen LogP) is 33.7. The maximum atomic E-state index is 2.85. The van der Waals surface area contributed by atoms with Crippen LogP contribution in [0.1, 0.15) is 253 Å². The number of unbranched alkanes of at least 4 members (excludes halogenated alkanes) is 18. The first-order valence-electron chi connectivity index (χ1n) is 44.8. The van der Waals surface area contributed by atoms with Gasteiger partial charge in [-0.15, -0.1) is 0 Å². The molecule has 1 heterocycles. The number of hydrogen-bond donors (Lipinski definition) is 0. The molecule has 0 radical (unpaired) electrons. The van der Waals surface area contributed by atoms with E-state index in [-0.39, 0.29) is 5.41 Å². The summed E-state index contributed by atoms with van der Waals surface area (Å²) in [5.41, 5.74) is 35.3. The van der Waals surface area contributed by atoms with Crippen LogP contribution < -0.4 is 9.80 Å². The normalized spacial score (nSPS) is 12.3. The number of benzene rings is 12. The Morgan fingerprint density at radius 3 is 1.09 bits per heavy atom. The molecule has 3 nitrogen and oxygen atoms in total. The van der Waals surface area contributed by atoms with Gasteiger partial charge in [-0.05, 0) is 258 Å². The molecular weight excluding hydrogens is 1380 g/mol. The first kappa shape index (κ1) is 80.6. The lowest BCUT2D eigenvalue weighted by Gasteiger charge is -2.34. The minimum atomic E-state index is -0.0866. The van der Waals surface area contributed by atoms with Crippen molar-refractivity contribution in [1.82, 2.24) is 4.57 Å². The van der Waals surface area contributed by atoms with Crippen LogP contribution in [0.15, 0.2) is 261 Å². The molecule has 0 spiro atoms. The zero-order valence-electron chi connectivity index (χ0n) is 70.4. The van der Waals surface area contributed by atoms with Crippen molar-refractivity contribution in [3.8, 4) is 61.3 Å². The molecule has 3 heteroatoms. The summed E-state index contributed by atoms with van der Waals surface area (Å²) < 4.78 is 2.85. The molecule has 13 aromatic rings. The molecule has 0 fully saturated rings. The summed E-state index contributed by atoms with van der Waals surface area (Å²) >= 11 is 0. The van der Waals surface area contributed by atoms with Crippen molar-refractivity contribution in [2.45, 2.75) is 253 Å². The average molecular weight is 1500 g/mol. The van der Waals surface area contributed by atoms with Gasteiger partial charge in [0, 0.05) is 56.0 Å². The van der Waals surface area contributed by atoms with Gasteiger partial charge in [0.2, 0.25) is 0 Å². The SMILES string of the molecule is CCCCCCCCC1(CCCCCCCC)c2cc(C)ccc2-c2ccc3c4ccccc4n(-c4cc(CCCCCC)c(-c5ccc(N(c6ccc(-c7ccc(CCCC)cc7)cc6)c6ccc(-c7ccc(N(c8ccc(C)cc8)c8ccc(-c9ccc(CCCC)cc9)cc8)cc7)cc6)cc5)cc4CCCCCC)c3c21. The van der Waals surface area contributed by atoms with Crippen LogP contribution in [0, 0.1) is 13.8 Å². The van der Waals surface area contributed by atoms with Gasteiger partial charge >= 0.3 is 0 Å². The average Bonchev–Trinajstić information content (AvgIpc) is 1.52. The summed E-state index contributed by atoms with van der Waals surface area (Å²) in [7, 11) is 0. The van der Waals surface area contributed by atoms with Crippen molar-refractivity contribution in [2.75, 3.05) is 9.80 Å². The fraction of sp³-hybridized carbons (Fsp3) is 0.351. The highest BCUT2D eigenvalue weighted by molar-refractivity contribution is 6.13. The Labute approximate surface area is 686 Å². The van der Waals surface area contributed by atoms with E-state index in [4.69, 9.17) is 0 Å². The van der Waals surface area contributed by atoms with Crippen LogP contribution in [-0.4, -0.2) is 4.57 Å². The largest absolute Gasteiger partial charge is 0.311 e. The molecule has 0 aliphatic heterocycles. The first-order chi connectivity index (χ1) is 56.1. The highest BCUT2D eigenvalue weighted by atomic mass is 15.1. The molecule has 1 aromatic heterocycles. The van der Waals surface area contributed by atoms with E-state index >= 15 is 0 Å². The summed E-state index contributed by atoms with van der Waals surface area (Å²) in [4.78, 5) is 4.85. The van der Waals surface area contributed by atoms with E-state index in [0.29, 0.717) is 0 Å². The molecule has 12 aromatic carbocycles. The van der Waals surface area contributed by atoms with Gasteiger partial charge in [0.25, 0.3) is 0 Å². The number of fused-ring (bicyclic) bond motifs is 7. The number of hydrogen-bond acceptors (Lipinski definition) is 2. The second kappa shape index (κ2) is 39.4. The lowest BCUT2D eigenvalue weighted by atomic mass is 9.70. The summed E-state index contributed by atoms with van der Waals surface area (Å²) in [6.45, 7) is 18.5. The molecule has 0 unspecified atom stereocenters. The summed E-state index contributed by atoms with van der Waals surface area (Å²) in [6, 6.07) is 101. The molecule has 586 valence electrons. The van der Waals surface area contributed by atoms with Crippen LogP contribution >= 0.6 is 0 Å². The molecule has 0 atom stereocenters. The molecule has 1 aliphatic rings. The standard InChI is InChI=1S/C111H127N3/c1-9-15-21-25-27-33-77-111(78-34-28-26-22-16-10-2)106-79-83(8)43-74-101(106)103-75-76-104-102-39-31-32-40-107(102)114(110(104)109(103)111)108-81-93(37-29-23-17-11-3)105(80-94(108)38-30-24-18-12-4)92-60-72-100(73-61-92)113(98-66-54-89(55-67-98)87-50-46-85(47-51-87)36-20-14-6)99-70-58-91(59-71-99)90-56-68-97(69-57-90)112(95-62-41-82(7)42-63-95)96-64-52-88(53-65-96)86-48-44-84(45-49-86)35-19-13-5/h31-32,39-76,79-81H,9-30,33-38,77-78H2,1-8H3. The van der Waals surface area contributed by atoms with Crippen molar-refractivity contribution >= 4 is 55.9 Å². The zero-order chi connectivity index (χ0) is 78.6. The third-order valence-corrected chi connectivity index (χ3v) is 25.1. The van der Waals surface area contributed by atoms with E-state index in [9.17, 15) is 0 Å². The van der Waals surface area contributed by atoms with Gasteiger partial charge in [0.1, 0.15) is 0 Å². The maximum absolute atomic E-state index is 2.85. The highest BCUT2D eigenvalue weighted by Gasteiger charge is 2.45. The van der Waals surface area contributed by atoms with Crippen LogP contribution in [0.25, 0.3) is 83.1 Å². The Hall–Kier alpha value is -9.96. The van der Waals surface area contributed by atoms with Gasteiger partial charge in [-0.25, -0.2) is 0 Å². The molecule has 0 saturated carbocycles. The minimum absolute atomic E-state index is 0.0866. The third kappa shape index (κ3) is 18.5. The maximum Gasteiger partial charge on any atom is 0.0588 e. The number of aryl methyl sites for hydroxylation is 6. The topological polar surface area (TPSA) is 11.4 Å². The fourth-order valence-corrected chi connectivity index (χ4v) is 18.6. The van der Waals surface area contributed by atoms with E-state index in [1.54, 1.807) is 11.1 Å². The van der Waals surface area contributed by atoms with E-state index in [0.717, 1.165) is 72.6 Å². The van der Waals surface area contributed by atoms with Crippen LogP contribution in [-0.2, 0) is 31.1 Å². The van der Waals surface area contributed by atoms with Gasteiger partial charge in [0.05, 0.1) is 11.0 Å². The molecule has 0 bridgehead atoms. The van der Waals surface area contributed by atoms with Crippen LogP contribution in [0.4, 0.5) is 34.1 Å². The van der Waals surface area contributed by atoms with Crippen LogP contribution in [0.2, 0.25) is 0 Å². The Balaban J connectivity index is 0.850. The van der Waals surface area contributed by atoms with E-state index in [2.05, 4.69) is 331 Å². The zero-order valence-corrected chi connectivity index (χ0v) is 70.4. The number of anilines is 6. The molecule has 0 saturated heterocycles. The smallest absolute Gasteiger partial charge is 0.0588 e. The van der Waals surface area contributed by atoms with E-state index in [1.165, 1.54) is 271 Å². The van der Waals surface area contributed by atoms with E-state index < -0.39 is 0 Å². The molecule has 114 heavy (non-hydrogen) atoms. The van der Waals surface area contributed by atoms with Crippen molar-refractivity contribution in [3.05, 3.63) is 305 Å². The second-order valence-electron chi connectivity index (χ2n) is 33.5. The van der Waals surface area contributed by atoms with Crippen molar-refractivity contribution in [2.24, 2.45) is 0 Å². The Bertz CT molecular complexity index is 5170. The summed E-state index contributed by atoms with van der Waals surface area (Å²) in [5, 5.41) is 2.78. The predicted molar refractivity (Wildman–Crippen MR) is 496 cm³/mol. The molecular formula is C111H127N3. The monoisotopic (exact) mass is 1500 g/mol. The number of para-hydroxylation sites is 1. The van der Waals surface area contributed by atoms with Gasteiger partial charge < -0.3 is 14.4 Å². The minimum Gasteiger partial charge on any atom is -0.311 e. The quantitative estimate of drug-likeness (QED) is 0.0354. The number of nitrogens with zero attached hydrogens (tertiary/aromatic N) is 3. The summed E-state index contributed by atoms with van der Waals surface area (Å²) in [6.07, 6.45) is 36.9. The van der Waals surface area contributed by atoms with Crippen molar-refractivity contribution in [3.63, 3.8) is 0 Å².